The number of carbonyl (C=O) groups excluding carboxylic acids is 3. The summed E-state index contributed by atoms with van der Waals surface area (Å²) in [6, 6.07) is 21.0. The first kappa shape index (κ1) is 71.4. The van der Waals surface area contributed by atoms with Crippen molar-refractivity contribution in [2.45, 2.75) is 0 Å². The van der Waals surface area contributed by atoms with Gasteiger partial charge in [0, 0.05) is 151 Å². The van der Waals surface area contributed by atoms with Gasteiger partial charge >= 0.3 is 7.12 Å². The SMILES string of the molecule is C=CC(=O)N(C)C.CN(C)C(=O)/C=C/c1cnc2oc3c(N4CCOCC4)nc(-c4cccc5[nH]ccc45)nc3c2c1.CN(C)C(=O)/C=C/c1cnc2oc3c(N4CCOCC4)nc(Cl)nc3c2c1.Clc1nc(N2CCOCC2)c2oc3ncc(Br)cc3c2n1.OB(O)c1cccc2[nH]ccc12. The van der Waals surface area contributed by atoms with Crippen molar-refractivity contribution >= 4 is 187 Å². The van der Waals surface area contributed by atoms with Crippen LogP contribution in [0.5, 0.6) is 0 Å². The molecule has 0 atom stereocenters. The first-order chi connectivity index (χ1) is 49.3. The number of hydrogen-bond acceptors (Lipinski definition) is 23. The Morgan fingerprint density at radius 1 is 0.529 bits per heavy atom. The molecule has 11 aromatic heterocycles. The number of aromatic nitrogens is 11. The van der Waals surface area contributed by atoms with E-state index in [0.717, 1.165) is 78.0 Å². The number of nitrogens with one attached hydrogen (secondary N) is 2. The van der Waals surface area contributed by atoms with Crippen molar-refractivity contribution in [3.63, 3.8) is 0 Å². The zero-order valence-corrected chi connectivity index (χ0v) is 59.4. The lowest BCUT2D eigenvalue weighted by atomic mass is 9.78. The van der Waals surface area contributed by atoms with Gasteiger partial charge < -0.3 is 76.9 Å². The van der Waals surface area contributed by atoms with E-state index in [1.165, 1.54) is 32.9 Å². The number of rotatable bonds is 10. The monoisotopic (exact) mass is 1480 g/mol. The van der Waals surface area contributed by atoms with Crippen molar-refractivity contribution in [1.29, 1.82) is 0 Å². The molecular formula is C70H69BBrCl2N17O11. The molecular weight excluding hydrogens is 1420 g/mol. The molecule has 14 heterocycles. The Morgan fingerprint density at radius 3 is 1.38 bits per heavy atom. The molecule has 0 radical (unpaired) electrons. The molecule has 524 valence electrons. The Bertz CT molecular complexity index is 5290. The molecule has 0 unspecified atom stereocenters. The maximum absolute atomic E-state index is 12.0. The molecule has 3 saturated heterocycles. The molecule has 0 saturated carbocycles. The van der Waals surface area contributed by atoms with E-state index < -0.39 is 7.12 Å². The highest BCUT2D eigenvalue weighted by atomic mass is 79.9. The number of furan rings is 3. The van der Waals surface area contributed by atoms with Crippen LogP contribution in [0.2, 0.25) is 10.6 Å². The number of anilines is 3. The fraction of sp³-hybridized carbons (Fsp3) is 0.257. The van der Waals surface area contributed by atoms with Gasteiger partial charge in [-0.2, -0.15) is 9.97 Å². The third-order valence-corrected chi connectivity index (χ3v) is 17.2. The van der Waals surface area contributed by atoms with Crippen molar-refractivity contribution in [1.82, 2.24) is 69.5 Å². The maximum atomic E-state index is 12.0. The number of ether oxygens (including phenoxy) is 3. The van der Waals surface area contributed by atoms with Crippen LogP contribution in [0, 0.1) is 0 Å². The first-order valence-electron chi connectivity index (χ1n) is 32.2. The smallest absolute Gasteiger partial charge is 0.432 e. The minimum atomic E-state index is -1.40. The average Bonchev–Trinajstić information content (AvgIpc) is 1.59. The van der Waals surface area contributed by atoms with E-state index >= 15 is 0 Å². The largest absolute Gasteiger partial charge is 0.489 e. The molecule has 102 heavy (non-hydrogen) atoms. The average molecular weight is 1490 g/mol. The molecule has 3 fully saturated rings. The van der Waals surface area contributed by atoms with Crippen molar-refractivity contribution in [2.24, 2.45) is 0 Å². The summed E-state index contributed by atoms with van der Waals surface area (Å²) in [7, 11) is 8.80. The number of likely N-dealkylation sites (N-methyl/N-ethyl adjacent to an activating group) is 3. The van der Waals surface area contributed by atoms with Gasteiger partial charge in [-0.1, -0.05) is 30.8 Å². The predicted octanol–water partition coefficient (Wildman–Crippen LogP) is 9.35. The van der Waals surface area contributed by atoms with Gasteiger partial charge in [0.25, 0.3) is 0 Å². The number of halogens is 3. The van der Waals surface area contributed by atoms with Crippen LogP contribution >= 0.6 is 39.1 Å². The Labute approximate surface area is 601 Å². The minimum absolute atomic E-state index is 0.0556. The van der Waals surface area contributed by atoms with Crippen LogP contribution in [0.1, 0.15) is 11.1 Å². The zero-order valence-electron chi connectivity index (χ0n) is 56.3. The van der Waals surface area contributed by atoms with Gasteiger partial charge in [0.1, 0.15) is 16.6 Å². The fourth-order valence-electron chi connectivity index (χ4n) is 11.2. The van der Waals surface area contributed by atoms with E-state index in [1.54, 1.807) is 91.4 Å². The molecule has 3 amide bonds. The molecule has 4 N–H and O–H groups in total. The highest BCUT2D eigenvalue weighted by molar-refractivity contribution is 9.10. The van der Waals surface area contributed by atoms with E-state index in [2.05, 4.69) is 82.1 Å². The number of nitrogens with zero attached hydrogens (tertiary/aromatic N) is 15. The quantitative estimate of drug-likeness (QED) is 0.0562. The second kappa shape index (κ2) is 32.0. The summed E-state index contributed by atoms with van der Waals surface area (Å²) in [5, 5.41) is 22.5. The van der Waals surface area contributed by atoms with E-state index in [0.29, 0.717) is 139 Å². The Hall–Kier alpha value is -10.4. The second-order valence-electron chi connectivity index (χ2n) is 23.9. The normalized spacial score (nSPS) is 14.0. The van der Waals surface area contributed by atoms with Crippen LogP contribution in [-0.4, -0.2) is 226 Å². The third-order valence-electron chi connectivity index (χ3n) is 16.4. The molecule has 0 aliphatic carbocycles. The highest BCUT2D eigenvalue weighted by Crippen LogP contribution is 2.39. The number of hydrogen-bond donors (Lipinski definition) is 4. The molecule has 0 bridgehead atoms. The Kier molecular flexibility index (Phi) is 22.4. The molecule has 13 aromatic rings. The molecule has 28 nitrogen and oxygen atoms in total. The topological polar surface area (TPSA) is 326 Å². The standard InChI is InChI=1S/C26H24N6O3.C18H18ClN5O3.C13H10BrClN4O2.C8H8BNO2.C5H9NO/c1-31(2)21(33)7-6-16-14-19-22-23(35-26(19)28-15-16)25(32-10-12-34-13-11-32)30-24(29-22)18-4-3-5-20-17(18)8-9-27-20;1-23(2)13(25)4-3-11-9-12-14-15(27-17(12)20-10-11)16(22-18(19)21-14)24-5-7-26-8-6-24;14-7-5-8-9-10(21-12(8)16-6-7)11(18-13(15)17-9)19-1-3-20-4-2-19;11-9(12)7-2-1-3-8-6(7)4-5-10-8;1-4-5(7)6(2)3/h3-9,14-15,27H,10-13H2,1-2H3;3-4,9-10H,5-8H2,1-2H3;5-6H,1-4H2;1-5,10-12H;4H,1H2,2-3H3/b7-6+;4-3+;;;. The van der Waals surface area contributed by atoms with Gasteiger partial charge in [-0.25, -0.2) is 34.9 Å². The summed E-state index contributed by atoms with van der Waals surface area (Å²) in [5.41, 5.74) is 10.2. The number of H-pyrrole nitrogens is 2. The van der Waals surface area contributed by atoms with Crippen LogP contribution in [0.25, 0.3) is 112 Å². The summed E-state index contributed by atoms with van der Waals surface area (Å²) >= 11 is 15.7. The lowest BCUT2D eigenvalue weighted by Crippen LogP contribution is -2.37. The zero-order chi connectivity index (χ0) is 71.7. The second-order valence-corrected chi connectivity index (χ2v) is 25.5. The highest BCUT2D eigenvalue weighted by Gasteiger charge is 2.27. The number of benzene rings is 2. The van der Waals surface area contributed by atoms with Crippen LogP contribution in [0.3, 0.4) is 0 Å². The number of aromatic amines is 2. The molecule has 2 aromatic carbocycles. The van der Waals surface area contributed by atoms with Crippen LogP contribution in [-0.2, 0) is 28.6 Å². The van der Waals surface area contributed by atoms with Crippen molar-refractivity contribution < 1.29 is 51.9 Å². The summed E-state index contributed by atoms with van der Waals surface area (Å²) in [4.78, 5) is 91.6. The van der Waals surface area contributed by atoms with Gasteiger partial charge in [-0.05, 0) is 122 Å². The number of fused-ring (bicyclic) bond motifs is 11. The van der Waals surface area contributed by atoms with Gasteiger partial charge in [-0.3, -0.25) is 14.4 Å². The van der Waals surface area contributed by atoms with E-state index in [1.807, 2.05) is 60.8 Å². The Morgan fingerprint density at radius 2 is 0.941 bits per heavy atom. The number of pyridine rings is 3. The van der Waals surface area contributed by atoms with Crippen molar-refractivity contribution in [3.05, 3.63) is 149 Å². The molecule has 0 spiro atoms. The van der Waals surface area contributed by atoms with Gasteiger partial charge in [0.15, 0.2) is 40.0 Å². The Balaban J connectivity index is 0.000000130. The summed E-state index contributed by atoms with van der Waals surface area (Å²) < 4.78 is 35.2. The fourth-order valence-corrected chi connectivity index (χ4v) is 11.9. The minimum Gasteiger partial charge on any atom is -0.432 e. The number of morpholine rings is 3. The van der Waals surface area contributed by atoms with Crippen LogP contribution in [0.15, 0.2) is 140 Å². The molecule has 32 heteroatoms. The summed E-state index contributed by atoms with van der Waals surface area (Å²) in [5.74, 6) is 2.44. The lowest BCUT2D eigenvalue weighted by Gasteiger charge is -2.27. The van der Waals surface area contributed by atoms with Gasteiger partial charge in [-0.15, -0.1) is 0 Å². The van der Waals surface area contributed by atoms with Crippen molar-refractivity contribution in [3.8, 4) is 11.4 Å². The van der Waals surface area contributed by atoms with E-state index in [-0.39, 0.29) is 28.3 Å². The summed E-state index contributed by atoms with van der Waals surface area (Å²) in [6.45, 7) is 11.4. The van der Waals surface area contributed by atoms with E-state index in [4.69, 9.17) is 70.7 Å². The third kappa shape index (κ3) is 16.2. The molecule has 3 aliphatic heterocycles. The number of carbonyl (C=O) groups is 3. The maximum Gasteiger partial charge on any atom is 0.489 e. The predicted molar refractivity (Wildman–Crippen MR) is 398 cm³/mol. The molecule has 3 aliphatic rings. The first-order valence-corrected chi connectivity index (χ1v) is 33.7. The lowest BCUT2D eigenvalue weighted by molar-refractivity contribution is -0.124. The van der Waals surface area contributed by atoms with Crippen molar-refractivity contribution in [2.75, 3.05) is 136 Å². The van der Waals surface area contributed by atoms with Gasteiger partial charge in [0.2, 0.25) is 45.4 Å². The van der Waals surface area contributed by atoms with Gasteiger partial charge in [0.05, 0.1) is 55.8 Å². The summed E-state index contributed by atoms with van der Waals surface area (Å²) in [6.07, 6.45) is 16.5. The molecule has 16 rings (SSSR count). The van der Waals surface area contributed by atoms with E-state index in [9.17, 15) is 14.4 Å². The number of amides is 3. The van der Waals surface area contributed by atoms with Crippen LogP contribution in [0.4, 0.5) is 17.5 Å². The van der Waals surface area contributed by atoms with Crippen LogP contribution < -0.4 is 20.2 Å².